The van der Waals surface area contributed by atoms with Crippen molar-refractivity contribution in [2.45, 2.75) is 72.0 Å². The van der Waals surface area contributed by atoms with E-state index in [1.807, 2.05) is 19.9 Å². The molecule has 238 valence electrons. The van der Waals surface area contributed by atoms with Gasteiger partial charge in [-0.1, -0.05) is 84.0 Å². The summed E-state index contributed by atoms with van der Waals surface area (Å²) in [5.74, 6) is 0.629. The third-order valence-corrected chi connectivity index (χ3v) is 17.8. The highest BCUT2D eigenvalue weighted by Gasteiger charge is 2.45. The molecule has 0 saturated heterocycles. The summed E-state index contributed by atoms with van der Waals surface area (Å²) >= 11 is 0. The molecule has 1 N–H and O–H groups in total. The first-order chi connectivity index (χ1) is 21.5. The molecule has 0 saturated carbocycles. The van der Waals surface area contributed by atoms with Crippen LogP contribution in [0.1, 0.15) is 55.4 Å². The molecule has 0 aliphatic carbocycles. The molecule has 0 unspecified atom stereocenters. The van der Waals surface area contributed by atoms with E-state index in [0.717, 1.165) is 22.0 Å². The smallest absolute Gasteiger partial charge is 0.349 e. The molecule has 0 aliphatic heterocycles. The van der Waals surface area contributed by atoms with Gasteiger partial charge in [-0.2, -0.15) is 0 Å². The molecule has 0 fully saturated rings. The van der Waals surface area contributed by atoms with Crippen LogP contribution in [0.5, 0.6) is 0 Å². The molecule has 5 rings (SSSR count). The zero-order chi connectivity index (χ0) is 32.4. The van der Waals surface area contributed by atoms with Gasteiger partial charge < -0.3 is 18.6 Å². The van der Waals surface area contributed by atoms with Gasteiger partial charge in [-0.05, 0) is 94.5 Å². The number of hydrogen-bond acceptors (Lipinski definition) is 5. The highest BCUT2D eigenvalue weighted by atomic mass is 31.2. The number of nitrogens with zero attached hydrogens (tertiary/aromatic N) is 2. The molecule has 0 amide bonds. The summed E-state index contributed by atoms with van der Waals surface area (Å²) < 4.78 is 26.8. The number of fused-ring (bicyclic) bond motifs is 2. The summed E-state index contributed by atoms with van der Waals surface area (Å²) in [4.78, 5) is 5.09. The maximum atomic E-state index is 13.2. The molecule has 45 heavy (non-hydrogen) atoms. The fourth-order valence-corrected chi connectivity index (χ4v) is 15.5. The Labute approximate surface area is 269 Å². The molecule has 0 radical (unpaired) electrons. The van der Waals surface area contributed by atoms with Crippen LogP contribution in [0.4, 0.5) is 5.82 Å². The van der Waals surface area contributed by atoms with Crippen molar-refractivity contribution in [3.8, 4) is 22.3 Å². The molecule has 8 heteroatoms. The van der Waals surface area contributed by atoms with E-state index in [1.54, 1.807) is 0 Å². The lowest BCUT2D eigenvalue weighted by molar-refractivity contribution is 0.221. The number of anilines is 1. The van der Waals surface area contributed by atoms with Crippen molar-refractivity contribution in [1.82, 2.24) is 9.22 Å². The molecule has 5 aromatic rings. The Kier molecular flexibility index (Phi) is 10.0. The maximum absolute atomic E-state index is 13.2. The zero-order valence-electron chi connectivity index (χ0n) is 28.0. The Balaban J connectivity index is 1.67. The molecular weight excluding hydrogens is 593 g/mol. The van der Waals surface area contributed by atoms with Gasteiger partial charge in [0.2, 0.25) is 0 Å². The van der Waals surface area contributed by atoms with E-state index in [-0.39, 0.29) is 6.29 Å². The Morgan fingerprint density at radius 1 is 0.778 bits per heavy atom. The van der Waals surface area contributed by atoms with Crippen LogP contribution < -0.4 is 5.32 Å². The molecule has 6 nitrogen and oxygen atoms in total. The SMILES string of the molecule is CCOP(=O)(CNc1ccc2cc(-c3ccn([Si](C(C)C)(C(C)C)C(C)C)c3)cc(-c3cccc4ccccc34)c2n1)OCC. The predicted molar refractivity (Wildman–Crippen MR) is 194 cm³/mol. The van der Waals surface area contributed by atoms with E-state index in [0.29, 0.717) is 35.7 Å². The lowest BCUT2D eigenvalue weighted by Crippen LogP contribution is -2.51. The average Bonchev–Trinajstić information content (AvgIpc) is 3.49. The quantitative estimate of drug-likeness (QED) is 0.102. The lowest BCUT2D eigenvalue weighted by Gasteiger charge is -2.44. The van der Waals surface area contributed by atoms with Crippen molar-refractivity contribution in [2.24, 2.45) is 0 Å². The van der Waals surface area contributed by atoms with Crippen LogP contribution in [0.15, 0.2) is 85.2 Å². The van der Waals surface area contributed by atoms with E-state index in [4.69, 9.17) is 14.0 Å². The van der Waals surface area contributed by atoms with Crippen molar-refractivity contribution in [2.75, 3.05) is 24.8 Å². The normalized spacial score (nSPS) is 12.7. The molecule has 0 spiro atoms. The molecule has 2 heterocycles. The summed E-state index contributed by atoms with van der Waals surface area (Å²) in [5.41, 5.74) is 7.29. The second kappa shape index (κ2) is 13.6. The highest BCUT2D eigenvalue weighted by molar-refractivity contribution is 7.53. The first-order valence-electron chi connectivity index (χ1n) is 16.3. The Morgan fingerprint density at radius 3 is 2.11 bits per heavy atom. The summed E-state index contributed by atoms with van der Waals surface area (Å²) in [6.07, 6.45) is 4.77. The lowest BCUT2D eigenvalue weighted by atomic mass is 9.93. The third kappa shape index (κ3) is 6.41. The number of hydrogen-bond donors (Lipinski definition) is 1. The van der Waals surface area contributed by atoms with Gasteiger partial charge in [0.15, 0.2) is 8.24 Å². The van der Waals surface area contributed by atoms with Gasteiger partial charge in [-0.15, -0.1) is 0 Å². The van der Waals surface area contributed by atoms with Crippen molar-refractivity contribution >= 4 is 43.3 Å². The Hall–Kier alpha value is -3.22. The average molecular weight is 642 g/mol. The summed E-state index contributed by atoms with van der Waals surface area (Å²) in [6.45, 7) is 18.7. The number of nitrogens with one attached hydrogen (secondary N) is 1. The van der Waals surface area contributed by atoms with Crippen LogP contribution in [0.3, 0.4) is 0 Å². The van der Waals surface area contributed by atoms with Crippen molar-refractivity contribution in [3.63, 3.8) is 0 Å². The van der Waals surface area contributed by atoms with Gasteiger partial charge in [-0.3, -0.25) is 4.57 Å². The van der Waals surface area contributed by atoms with Gasteiger partial charge in [0.25, 0.3) is 0 Å². The van der Waals surface area contributed by atoms with Crippen LogP contribution in [-0.4, -0.2) is 37.0 Å². The summed E-state index contributed by atoms with van der Waals surface area (Å²) in [5, 5.41) is 6.65. The van der Waals surface area contributed by atoms with Crippen LogP contribution in [0.25, 0.3) is 43.9 Å². The van der Waals surface area contributed by atoms with Crippen LogP contribution in [0, 0.1) is 0 Å². The largest absolute Gasteiger partial charge is 0.379 e. The fraction of sp³-hybridized carbons (Fsp3) is 0.378. The Bertz CT molecular complexity index is 1790. The monoisotopic (exact) mass is 641 g/mol. The second-order valence-electron chi connectivity index (χ2n) is 12.8. The van der Waals surface area contributed by atoms with Gasteiger partial charge in [-0.25, -0.2) is 4.98 Å². The van der Waals surface area contributed by atoms with Gasteiger partial charge in [0.1, 0.15) is 12.1 Å². The first kappa shape index (κ1) is 33.1. The number of pyridine rings is 1. The zero-order valence-corrected chi connectivity index (χ0v) is 29.9. The van der Waals surface area contributed by atoms with E-state index < -0.39 is 15.8 Å². The number of aromatic nitrogens is 2. The minimum atomic E-state index is -3.28. The first-order valence-corrected chi connectivity index (χ1v) is 20.2. The maximum Gasteiger partial charge on any atom is 0.349 e. The molecule has 3 aromatic carbocycles. The molecular formula is C37H48N3O3PSi. The van der Waals surface area contributed by atoms with Crippen LogP contribution in [-0.2, 0) is 13.6 Å². The third-order valence-electron chi connectivity index (χ3n) is 9.23. The Morgan fingerprint density at radius 2 is 1.44 bits per heavy atom. The van der Waals surface area contributed by atoms with E-state index in [9.17, 15) is 4.57 Å². The predicted octanol–water partition coefficient (Wildman–Crippen LogP) is 11.2. The van der Waals surface area contributed by atoms with Crippen molar-refractivity contribution in [1.29, 1.82) is 0 Å². The number of rotatable bonds is 13. The van der Waals surface area contributed by atoms with E-state index in [1.165, 1.54) is 21.9 Å². The second-order valence-corrected chi connectivity index (χ2v) is 20.6. The molecule has 0 aliphatic rings. The minimum absolute atomic E-state index is 0.0512. The summed E-state index contributed by atoms with van der Waals surface area (Å²) in [6, 6.07) is 25.8. The van der Waals surface area contributed by atoms with Crippen molar-refractivity contribution in [3.05, 3.63) is 85.2 Å². The fourth-order valence-electron chi connectivity index (χ4n) is 7.57. The topological polar surface area (TPSA) is 65.4 Å². The summed E-state index contributed by atoms with van der Waals surface area (Å²) in [7, 11) is -5.15. The van der Waals surface area contributed by atoms with Gasteiger partial charge >= 0.3 is 7.60 Å². The van der Waals surface area contributed by atoms with Gasteiger partial charge in [0, 0.05) is 17.1 Å². The van der Waals surface area contributed by atoms with Gasteiger partial charge in [0.05, 0.1) is 18.7 Å². The molecule has 2 aromatic heterocycles. The molecule has 0 atom stereocenters. The van der Waals surface area contributed by atoms with Crippen LogP contribution in [0.2, 0.25) is 16.6 Å². The highest BCUT2D eigenvalue weighted by Crippen LogP contribution is 2.48. The molecule has 0 bridgehead atoms. The standard InChI is InChI=1S/C37H48N3O3PSi/c1-9-42-44(41,43-10-2)25-38-36-19-18-30-22-32(31-20-21-40(24-31)45(26(3)4,27(5)6)28(7)8)23-35(37(30)39-36)34-17-13-15-29-14-11-12-16-33(29)34/h11-24,26-28H,9-10,25H2,1-8H3,(H,38,39). The number of benzene rings is 3. The van der Waals surface area contributed by atoms with Crippen molar-refractivity contribution < 1.29 is 13.6 Å². The van der Waals surface area contributed by atoms with Crippen LogP contribution >= 0.6 is 7.60 Å². The minimum Gasteiger partial charge on any atom is -0.379 e. The van der Waals surface area contributed by atoms with E-state index in [2.05, 4.69) is 130 Å². The van der Waals surface area contributed by atoms with E-state index >= 15 is 0 Å².